The second-order valence-corrected chi connectivity index (χ2v) is 13.2. The van der Waals surface area contributed by atoms with Gasteiger partial charge in [0.2, 0.25) is 0 Å². The Labute approximate surface area is 252 Å². The first-order valence-corrected chi connectivity index (χ1v) is 15.1. The molecule has 0 aliphatic heterocycles. The zero-order valence-electron chi connectivity index (χ0n) is 27.0. The number of carbonyl (C=O) groups is 2. The van der Waals surface area contributed by atoms with E-state index in [1.165, 1.54) is 0 Å². The second-order valence-electron chi connectivity index (χ2n) is 13.2. The van der Waals surface area contributed by atoms with Gasteiger partial charge >= 0.3 is 11.9 Å². The van der Waals surface area contributed by atoms with Crippen molar-refractivity contribution in [2.75, 3.05) is 26.4 Å². The molecule has 0 aliphatic rings. The Morgan fingerprint density at radius 1 is 0.619 bits per heavy atom. The smallest absolute Gasteiger partial charge is 0.306 e. The summed E-state index contributed by atoms with van der Waals surface area (Å²) >= 11 is 0. The average Bonchev–Trinajstić information content (AvgIpc) is 2.89. The normalized spacial score (nSPS) is 11.9. The van der Waals surface area contributed by atoms with Crippen LogP contribution in [0.4, 0.5) is 0 Å². The number of benzene rings is 2. The molecular weight excluding hydrogens is 532 g/mol. The molecule has 0 saturated carbocycles. The van der Waals surface area contributed by atoms with E-state index in [2.05, 4.69) is 41.5 Å². The molecule has 2 aromatic carbocycles. The summed E-state index contributed by atoms with van der Waals surface area (Å²) in [5.74, 6) is 0.161. The number of aromatic hydroxyl groups is 2. The summed E-state index contributed by atoms with van der Waals surface area (Å²) in [6.45, 7) is 17.6. The topological polar surface area (TPSA) is 102 Å². The fourth-order valence-electron chi connectivity index (χ4n) is 4.76. The summed E-state index contributed by atoms with van der Waals surface area (Å²) in [7, 11) is 0. The number of unbranched alkanes of at least 4 members (excludes halogenated alkanes) is 2. The number of phenols is 2. The van der Waals surface area contributed by atoms with Crippen LogP contribution in [0.25, 0.3) is 0 Å². The van der Waals surface area contributed by atoms with Crippen molar-refractivity contribution in [2.24, 2.45) is 0 Å². The van der Waals surface area contributed by atoms with Crippen LogP contribution in [0.1, 0.15) is 107 Å². The predicted octanol–water partition coefficient (Wildman–Crippen LogP) is 7.15. The van der Waals surface area contributed by atoms with Gasteiger partial charge in [-0.05, 0) is 90.2 Å². The largest absolute Gasteiger partial charge is 0.507 e. The molecule has 7 heteroatoms. The monoisotopic (exact) mass is 584 g/mol. The lowest BCUT2D eigenvalue weighted by molar-refractivity contribution is -0.145. The van der Waals surface area contributed by atoms with Crippen molar-refractivity contribution in [2.45, 2.75) is 111 Å². The molecule has 0 spiro atoms. The van der Waals surface area contributed by atoms with Crippen molar-refractivity contribution < 1.29 is 34.0 Å². The number of aryl methyl sites for hydroxylation is 4. The van der Waals surface area contributed by atoms with E-state index in [0.29, 0.717) is 50.6 Å². The lowest BCUT2D eigenvalue weighted by Crippen LogP contribution is -2.14. The number of hydrogen-bond acceptors (Lipinski definition) is 7. The van der Waals surface area contributed by atoms with Gasteiger partial charge in [0.1, 0.15) is 18.1 Å². The molecule has 0 aromatic heterocycles. The highest BCUT2D eigenvalue weighted by atomic mass is 16.6. The molecular formula is C35H52O7. The molecule has 0 atom stereocenters. The van der Waals surface area contributed by atoms with Crippen LogP contribution in [-0.4, -0.2) is 48.6 Å². The van der Waals surface area contributed by atoms with Crippen LogP contribution in [0.5, 0.6) is 11.5 Å². The maximum Gasteiger partial charge on any atom is 0.306 e. The Hall–Kier alpha value is -3.06. The SMILES string of the molecule is Cc1cc(CCC(=O)OCCCCCOCCOC(=O)CCc2cc(C)c(O)c(C(C)(C)C)c2)cc(C(C)(C)C)c1O. The Balaban J connectivity index is 1.53. The fourth-order valence-corrected chi connectivity index (χ4v) is 4.76. The summed E-state index contributed by atoms with van der Waals surface area (Å²) in [6.07, 6.45) is 4.20. The van der Waals surface area contributed by atoms with Gasteiger partial charge in [-0.15, -0.1) is 0 Å². The zero-order valence-corrected chi connectivity index (χ0v) is 27.0. The summed E-state index contributed by atoms with van der Waals surface area (Å²) in [4.78, 5) is 24.3. The lowest BCUT2D eigenvalue weighted by Gasteiger charge is -2.22. The van der Waals surface area contributed by atoms with Crippen molar-refractivity contribution in [3.8, 4) is 11.5 Å². The number of phenolic OH excluding ortho intramolecular Hbond substituents is 2. The number of ether oxygens (including phenoxy) is 3. The molecule has 234 valence electrons. The van der Waals surface area contributed by atoms with Crippen LogP contribution in [-0.2, 0) is 47.5 Å². The zero-order chi connectivity index (χ0) is 31.5. The minimum Gasteiger partial charge on any atom is -0.507 e. The maximum absolute atomic E-state index is 12.2. The third-order valence-corrected chi connectivity index (χ3v) is 7.26. The van der Waals surface area contributed by atoms with E-state index in [-0.39, 0.29) is 35.8 Å². The summed E-state index contributed by atoms with van der Waals surface area (Å²) in [6, 6.07) is 7.81. The van der Waals surface area contributed by atoms with E-state index < -0.39 is 0 Å². The molecule has 0 saturated heterocycles. The van der Waals surface area contributed by atoms with Crippen LogP contribution in [0.15, 0.2) is 24.3 Å². The van der Waals surface area contributed by atoms with E-state index in [4.69, 9.17) is 14.2 Å². The molecule has 0 fully saturated rings. The van der Waals surface area contributed by atoms with Crippen LogP contribution >= 0.6 is 0 Å². The van der Waals surface area contributed by atoms with Crippen LogP contribution < -0.4 is 0 Å². The molecule has 7 nitrogen and oxygen atoms in total. The second kappa shape index (κ2) is 16.0. The number of carbonyl (C=O) groups excluding carboxylic acids is 2. The fraction of sp³-hybridized carbons (Fsp3) is 0.600. The highest BCUT2D eigenvalue weighted by molar-refractivity contribution is 5.70. The molecule has 2 N–H and O–H groups in total. The third-order valence-electron chi connectivity index (χ3n) is 7.26. The van der Waals surface area contributed by atoms with Crippen molar-refractivity contribution in [1.29, 1.82) is 0 Å². The van der Waals surface area contributed by atoms with Gasteiger partial charge < -0.3 is 24.4 Å². The molecule has 0 bridgehead atoms. The summed E-state index contributed by atoms with van der Waals surface area (Å²) in [5, 5.41) is 20.7. The molecule has 0 radical (unpaired) electrons. The molecule has 0 aliphatic carbocycles. The van der Waals surface area contributed by atoms with Crippen LogP contribution in [0.2, 0.25) is 0 Å². The molecule has 42 heavy (non-hydrogen) atoms. The van der Waals surface area contributed by atoms with E-state index in [1.807, 2.05) is 38.1 Å². The quantitative estimate of drug-likeness (QED) is 0.169. The van der Waals surface area contributed by atoms with Gasteiger partial charge in [-0.2, -0.15) is 0 Å². The Bertz CT molecular complexity index is 1090. The number of rotatable bonds is 15. The molecule has 0 amide bonds. The predicted molar refractivity (Wildman–Crippen MR) is 166 cm³/mol. The van der Waals surface area contributed by atoms with E-state index in [0.717, 1.165) is 52.6 Å². The first-order valence-electron chi connectivity index (χ1n) is 15.1. The van der Waals surface area contributed by atoms with Gasteiger partial charge in [-0.25, -0.2) is 0 Å². The van der Waals surface area contributed by atoms with Crippen molar-refractivity contribution >= 4 is 11.9 Å². The van der Waals surface area contributed by atoms with Gasteiger partial charge in [0.05, 0.1) is 13.2 Å². The van der Waals surface area contributed by atoms with Gasteiger partial charge in [-0.3, -0.25) is 9.59 Å². The highest BCUT2D eigenvalue weighted by Gasteiger charge is 2.21. The molecule has 0 unspecified atom stereocenters. The van der Waals surface area contributed by atoms with Gasteiger partial charge in [0, 0.05) is 19.4 Å². The number of hydrogen-bond donors (Lipinski definition) is 2. The minimum atomic E-state index is -0.265. The van der Waals surface area contributed by atoms with E-state index in [9.17, 15) is 19.8 Å². The Morgan fingerprint density at radius 3 is 1.50 bits per heavy atom. The van der Waals surface area contributed by atoms with Gasteiger partial charge in [0.25, 0.3) is 0 Å². The maximum atomic E-state index is 12.2. The van der Waals surface area contributed by atoms with Crippen molar-refractivity contribution in [1.82, 2.24) is 0 Å². The molecule has 2 rings (SSSR count). The Kier molecular flexibility index (Phi) is 13.4. The highest BCUT2D eigenvalue weighted by Crippen LogP contribution is 2.35. The number of esters is 2. The van der Waals surface area contributed by atoms with Crippen molar-refractivity contribution in [3.63, 3.8) is 0 Å². The Morgan fingerprint density at radius 2 is 1.05 bits per heavy atom. The third kappa shape index (κ3) is 11.7. The van der Waals surface area contributed by atoms with E-state index >= 15 is 0 Å². The first-order chi connectivity index (χ1) is 19.6. The lowest BCUT2D eigenvalue weighted by atomic mass is 9.83. The van der Waals surface area contributed by atoms with Crippen LogP contribution in [0.3, 0.4) is 0 Å². The standard InChI is InChI=1S/C35H52O7/c1-24-20-26(22-28(32(24)38)34(3,4)5)12-14-30(36)41-17-11-9-10-16-40-18-19-42-31(37)15-13-27-21-25(2)33(39)29(23-27)35(6,7)8/h20-23,38-39H,9-19H2,1-8H3. The van der Waals surface area contributed by atoms with Crippen LogP contribution in [0, 0.1) is 13.8 Å². The van der Waals surface area contributed by atoms with Gasteiger partial charge in [-0.1, -0.05) is 65.8 Å². The minimum absolute atomic E-state index is 0.175. The van der Waals surface area contributed by atoms with Crippen molar-refractivity contribution in [3.05, 3.63) is 57.6 Å². The average molecular weight is 585 g/mol. The van der Waals surface area contributed by atoms with Gasteiger partial charge in [0.15, 0.2) is 0 Å². The summed E-state index contributed by atoms with van der Waals surface area (Å²) in [5.41, 5.74) is 5.08. The van der Waals surface area contributed by atoms with E-state index in [1.54, 1.807) is 0 Å². The molecule has 0 heterocycles. The molecule has 2 aromatic rings. The first kappa shape index (κ1) is 35.1. The summed E-state index contributed by atoms with van der Waals surface area (Å²) < 4.78 is 16.2.